The molecule has 5 heteroatoms. The summed E-state index contributed by atoms with van der Waals surface area (Å²) in [5, 5.41) is 17.9. The van der Waals surface area contributed by atoms with Gasteiger partial charge in [-0.05, 0) is 24.5 Å². The van der Waals surface area contributed by atoms with Gasteiger partial charge >= 0.3 is 0 Å². The second-order valence-electron chi connectivity index (χ2n) is 6.80. The minimum atomic E-state index is -0.904. The van der Waals surface area contributed by atoms with Crippen LogP contribution in [0.2, 0.25) is 0 Å². The van der Waals surface area contributed by atoms with Crippen LogP contribution < -0.4 is 5.32 Å². The van der Waals surface area contributed by atoms with Gasteiger partial charge in [-0.15, -0.1) is 11.3 Å². The molecule has 2 aromatic heterocycles. The standard InChI is InChI=1S/C16H25N3OS/c1-15(2,3)14-7-6-13(21-14)9-17-11-16(4,20)12-8-18-19(5)10-12/h6-8,10,17,20H,9,11H2,1-5H3. The molecular weight excluding hydrogens is 282 g/mol. The fraction of sp³-hybridized carbons (Fsp3) is 0.562. The van der Waals surface area contributed by atoms with E-state index in [2.05, 4.69) is 43.3 Å². The number of rotatable bonds is 5. The number of aryl methyl sites for hydroxylation is 1. The number of nitrogens with one attached hydrogen (secondary N) is 1. The average molecular weight is 307 g/mol. The van der Waals surface area contributed by atoms with Crippen LogP contribution in [-0.4, -0.2) is 21.4 Å². The number of hydrogen-bond acceptors (Lipinski definition) is 4. The predicted octanol–water partition coefficient (Wildman–Crippen LogP) is 2.78. The Balaban J connectivity index is 1.91. The normalized spacial score (nSPS) is 15.1. The molecule has 0 radical (unpaired) electrons. The highest BCUT2D eigenvalue weighted by Gasteiger charge is 2.24. The molecule has 0 saturated carbocycles. The first-order valence-electron chi connectivity index (χ1n) is 7.20. The molecule has 0 bridgehead atoms. The summed E-state index contributed by atoms with van der Waals surface area (Å²) in [5.41, 5.74) is 0.127. The minimum absolute atomic E-state index is 0.199. The van der Waals surface area contributed by atoms with E-state index in [-0.39, 0.29) is 5.41 Å². The van der Waals surface area contributed by atoms with Crippen LogP contribution in [-0.2, 0) is 24.6 Å². The topological polar surface area (TPSA) is 50.1 Å². The van der Waals surface area contributed by atoms with Gasteiger partial charge in [-0.25, -0.2) is 0 Å². The first kappa shape index (κ1) is 16.2. The summed E-state index contributed by atoms with van der Waals surface area (Å²) < 4.78 is 1.71. The van der Waals surface area contributed by atoms with Crippen LogP contribution in [0.25, 0.3) is 0 Å². The maximum atomic E-state index is 10.5. The monoisotopic (exact) mass is 307 g/mol. The Labute approximate surface area is 130 Å². The SMILES string of the molecule is Cn1cc(C(C)(O)CNCc2ccc(C(C)(C)C)s2)cn1. The van der Waals surface area contributed by atoms with Crippen molar-refractivity contribution in [1.82, 2.24) is 15.1 Å². The van der Waals surface area contributed by atoms with Gasteiger partial charge in [-0.2, -0.15) is 5.10 Å². The highest BCUT2D eigenvalue weighted by molar-refractivity contribution is 7.12. The zero-order valence-corrected chi connectivity index (χ0v) is 14.3. The summed E-state index contributed by atoms with van der Waals surface area (Å²) in [6, 6.07) is 4.36. The molecule has 2 N–H and O–H groups in total. The van der Waals surface area contributed by atoms with E-state index in [4.69, 9.17) is 0 Å². The lowest BCUT2D eigenvalue weighted by atomic mass is 9.95. The van der Waals surface area contributed by atoms with Crippen LogP contribution in [0.1, 0.15) is 43.0 Å². The molecule has 116 valence electrons. The van der Waals surface area contributed by atoms with E-state index in [0.717, 1.165) is 12.1 Å². The molecule has 0 fully saturated rings. The van der Waals surface area contributed by atoms with Gasteiger partial charge in [0.05, 0.1) is 6.20 Å². The fourth-order valence-electron chi connectivity index (χ4n) is 2.11. The van der Waals surface area contributed by atoms with Crippen LogP contribution in [0.5, 0.6) is 0 Å². The molecule has 0 aliphatic rings. The Bertz CT molecular complexity index is 593. The second-order valence-corrected chi connectivity index (χ2v) is 7.96. The van der Waals surface area contributed by atoms with Gasteiger partial charge < -0.3 is 10.4 Å². The summed E-state index contributed by atoms with van der Waals surface area (Å²) in [5.74, 6) is 0. The van der Waals surface area contributed by atoms with Crippen LogP contribution >= 0.6 is 11.3 Å². The summed E-state index contributed by atoms with van der Waals surface area (Å²) >= 11 is 1.83. The second kappa shape index (κ2) is 5.91. The molecule has 0 spiro atoms. The van der Waals surface area contributed by atoms with Crippen molar-refractivity contribution < 1.29 is 5.11 Å². The Morgan fingerprint density at radius 1 is 1.29 bits per heavy atom. The van der Waals surface area contributed by atoms with Crippen molar-refractivity contribution in [2.75, 3.05) is 6.54 Å². The maximum absolute atomic E-state index is 10.5. The molecule has 4 nitrogen and oxygen atoms in total. The van der Waals surface area contributed by atoms with Crippen molar-refractivity contribution in [1.29, 1.82) is 0 Å². The lowest BCUT2D eigenvalue weighted by Crippen LogP contribution is -2.34. The highest BCUT2D eigenvalue weighted by Crippen LogP contribution is 2.29. The van der Waals surface area contributed by atoms with Crippen molar-refractivity contribution in [3.63, 3.8) is 0 Å². The summed E-state index contributed by atoms with van der Waals surface area (Å²) in [4.78, 5) is 2.68. The third-order valence-electron chi connectivity index (χ3n) is 3.50. The van der Waals surface area contributed by atoms with Crippen molar-refractivity contribution >= 4 is 11.3 Å². The quantitative estimate of drug-likeness (QED) is 0.893. The molecule has 0 saturated heterocycles. The van der Waals surface area contributed by atoms with Gasteiger partial charge in [-0.3, -0.25) is 4.68 Å². The van der Waals surface area contributed by atoms with Crippen molar-refractivity contribution in [2.24, 2.45) is 7.05 Å². The molecule has 0 aromatic carbocycles. The van der Waals surface area contributed by atoms with Gasteiger partial charge in [0, 0.05) is 41.7 Å². The van der Waals surface area contributed by atoms with Crippen molar-refractivity contribution in [3.8, 4) is 0 Å². The van der Waals surface area contributed by atoms with Gasteiger partial charge in [0.15, 0.2) is 0 Å². The van der Waals surface area contributed by atoms with E-state index in [0.29, 0.717) is 6.54 Å². The molecule has 1 atom stereocenters. The molecular formula is C16H25N3OS. The molecule has 2 heterocycles. The van der Waals surface area contributed by atoms with Crippen molar-refractivity contribution in [3.05, 3.63) is 39.8 Å². The van der Waals surface area contributed by atoms with E-state index in [1.165, 1.54) is 9.75 Å². The zero-order valence-electron chi connectivity index (χ0n) is 13.5. The van der Waals surface area contributed by atoms with E-state index in [1.54, 1.807) is 10.9 Å². The van der Waals surface area contributed by atoms with E-state index in [9.17, 15) is 5.11 Å². The van der Waals surface area contributed by atoms with E-state index in [1.807, 2.05) is 31.5 Å². The van der Waals surface area contributed by atoms with Crippen LogP contribution in [0.4, 0.5) is 0 Å². The number of nitrogens with zero attached hydrogens (tertiary/aromatic N) is 2. The lowest BCUT2D eigenvalue weighted by Gasteiger charge is -2.22. The summed E-state index contributed by atoms with van der Waals surface area (Å²) in [7, 11) is 1.85. The summed E-state index contributed by atoms with van der Waals surface area (Å²) in [6.45, 7) is 9.76. The number of thiophene rings is 1. The molecule has 1 unspecified atom stereocenters. The van der Waals surface area contributed by atoms with Crippen LogP contribution in [0.3, 0.4) is 0 Å². The Kier molecular flexibility index (Phi) is 4.56. The van der Waals surface area contributed by atoms with E-state index < -0.39 is 5.60 Å². The molecule has 0 aliphatic heterocycles. The minimum Gasteiger partial charge on any atom is -0.384 e. The fourth-order valence-corrected chi connectivity index (χ4v) is 3.14. The van der Waals surface area contributed by atoms with Crippen molar-refractivity contribution in [2.45, 2.75) is 45.3 Å². The first-order valence-corrected chi connectivity index (χ1v) is 8.01. The van der Waals surface area contributed by atoms with Gasteiger partial charge in [0.2, 0.25) is 0 Å². The first-order chi connectivity index (χ1) is 9.68. The molecule has 2 rings (SSSR count). The highest BCUT2D eigenvalue weighted by atomic mass is 32.1. The molecule has 0 amide bonds. The number of aromatic nitrogens is 2. The lowest BCUT2D eigenvalue weighted by molar-refractivity contribution is 0.0566. The van der Waals surface area contributed by atoms with Crippen LogP contribution in [0, 0.1) is 0 Å². The van der Waals surface area contributed by atoms with Gasteiger partial charge in [0.1, 0.15) is 5.60 Å². The Morgan fingerprint density at radius 3 is 2.52 bits per heavy atom. The smallest absolute Gasteiger partial charge is 0.102 e. The Morgan fingerprint density at radius 2 is 2.00 bits per heavy atom. The third kappa shape index (κ3) is 4.15. The zero-order chi connectivity index (χ0) is 15.7. The molecule has 2 aromatic rings. The Hall–Kier alpha value is -1.17. The summed E-state index contributed by atoms with van der Waals surface area (Å²) in [6.07, 6.45) is 3.56. The predicted molar refractivity (Wildman–Crippen MR) is 87.5 cm³/mol. The van der Waals surface area contributed by atoms with Gasteiger partial charge in [-0.1, -0.05) is 20.8 Å². The molecule has 21 heavy (non-hydrogen) atoms. The number of hydrogen-bond donors (Lipinski definition) is 2. The largest absolute Gasteiger partial charge is 0.384 e. The third-order valence-corrected chi connectivity index (χ3v) is 5.01. The number of aliphatic hydroxyl groups is 1. The van der Waals surface area contributed by atoms with Crippen LogP contribution in [0.15, 0.2) is 24.5 Å². The average Bonchev–Trinajstić information content (AvgIpc) is 2.97. The molecule has 0 aliphatic carbocycles. The van der Waals surface area contributed by atoms with Gasteiger partial charge in [0.25, 0.3) is 0 Å². The van der Waals surface area contributed by atoms with E-state index >= 15 is 0 Å². The maximum Gasteiger partial charge on any atom is 0.102 e.